The summed E-state index contributed by atoms with van der Waals surface area (Å²) in [5.74, 6) is -0.933. The van der Waals surface area contributed by atoms with Crippen LogP contribution in [0.3, 0.4) is 0 Å². The number of nitrogens with one attached hydrogen (secondary N) is 1. The second-order valence-electron chi connectivity index (χ2n) is 6.27. The molecule has 4 nitrogen and oxygen atoms in total. The molecule has 3 rings (SSSR count). The molecule has 2 aromatic rings. The van der Waals surface area contributed by atoms with Crippen LogP contribution in [0.5, 0.6) is 0 Å². The van der Waals surface area contributed by atoms with Crippen LogP contribution in [0.2, 0.25) is 0 Å². The minimum Gasteiger partial charge on any atom is -0.352 e. The lowest BCUT2D eigenvalue weighted by Crippen LogP contribution is -2.32. The Hall–Kier alpha value is -2.69. The largest absolute Gasteiger partial charge is 0.352 e. The highest BCUT2D eigenvalue weighted by molar-refractivity contribution is 6.00. The number of benzene rings is 2. The molecular weight excluding hydrogens is 319 g/mol. The van der Waals surface area contributed by atoms with Gasteiger partial charge < -0.3 is 10.2 Å². The SMILES string of the molecule is CCc1ccc(N2C[C@H](C(=O)NCc3cccc(F)c3)CC2=O)cc1. The maximum atomic E-state index is 13.2. The van der Waals surface area contributed by atoms with Gasteiger partial charge in [-0.15, -0.1) is 0 Å². The van der Waals surface area contributed by atoms with Crippen LogP contribution in [0.25, 0.3) is 0 Å². The van der Waals surface area contributed by atoms with Crippen molar-refractivity contribution in [2.75, 3.05) is 11.4 Å². The summed E-state index contributed by atoms with van der Waals surface area (Å²) >= 11 is 0. The minimum absolute atomic E-state index is 0.0462. The highest BCUT2D eigenvalue weighted by Crippen LogP contribution is 2.25. The average molecular weight is 340 g/mol. The van der Waals surface area contributed by atoms with E-state index in [0.717, 1.165) is 12.1 Å². The number of nitrogens with zero attached hydrogens (tertiary/aromatic N) is 1. The molecule has 0 unspecified atom stereocenters. The van der Waals surface area contributed by atoms with E-state index in [1.165, 1.54) is 17.7 Å². The molecule has 1 aliphatic rings. The van der Waals surface area contributed by atoms with Crippen molar-refractivity contribution in [3.63, 3.8) is 0 Å². The molecule has 1 saturated heterocycles. The van der Waals surface area contributed by atoms with E-state index in [4.69, 9.17) is 0 Å². The van der Waals surface area contributed by atoms with Gasteiger partial charge in [0.25, 0.3) is 0 Å². The zero-order valence-corrected chi connectivity index (χ0v) is 14.2. The molecule has 1 heterocycles. The van der Waals surface area contributed by atoms with Gasteiger partial charge in [0.2, 0.25) is 11.8 Å². The van der Waals surface area contributed by atoms with Gasteiger partial charge in [-0.2, -0.15) is 0 Å². The van der Waals surface area contributed by atoms with Gasteiger partial charge in [-0.05, 0) is 41.8 Å². The van der Waals surface area contributed by atoms with E-state index >= 15 is 0 Å². The van der Waals surface area contributed by atoms with Gasteiger partial charge in [-0.3, -0.25) is 9.59 Å². The number of aryl methyl sites for hydroxylation is 1. The first-order valence-electron chi connectivity index (χ1n) is 8.48. The van der Waals surface area contributed by atoms with Gasteiger partial charge in [0.15, 0.2) is 0 Å². The van der Waals surface area contributed by atoms with Crippen LogP contribution in [0.1, 0.15) is 24.5 Å². The van der Waals surface area contributed by atoms with E-state index in [0.29, 0.717) is 12.1 Å². The van der Waals surface area contributed by atoms with Crippen LogP contribution in [0, 0.1) is 11.7 Å². The third-order valence-electron chi connectivity index (χ3n) is 4.51. The van der Waals surface area contributed by atoms with E-state index in [2.05, 4.69) is 12.2 Å². The average Bonchev–Trinajstić information content (AvgIpc) is 3.02. The minimum atomic E-state index is -0.382. The number of hydrogen-bond acceptors (Lipinski definition) is 2. The van der Waals surface area contributed by atoms with Crippen molar-refractivity contribution in [1.29, 1.82) is 0 Å². The fraction of sp³-hybridized carbons (Fsp3) is 0.300. The fourth-order valence-electron chi connectivity index (χ4n) is 3.02. The van der Waals surface area contributed by atoms with Crippen LogP contribution in [0.15, 0.2) is 48.5 Å². The van der Waals surface area contributed by atoms with Crippen molar-refractivity contribution >= 4 is 17.5 Å². The van der Waals surface area contributed by atoms with Crippen molar-refractivity contribution < 1.29 is 14.0 Å². The third-order valence-corrected chi connectivity index (χ3v) is 4.51. The van der Waals surface area contributed by atoms with E-state index in [1.54, 1.807) is 17.0 Å². The molecule has 1 fully saturated rings. The molecule has 1 N–H and O–H groups in total. The van der Waals surface area contributed by atoms with Crippen LogP contribution in [-0.4, -0.2) is 18.4 Å². The van der Waals surface area contributed by atoms with Crippen molar-refractivity contribution in [2.24, 2.45) is 5.92 Å². The summed E-state index contributed by atoms with van der Waals surface area (Å²) < 4.78 is 13.2. The standard InChI is InChI=1S/C20H21FN2O2/c1-2-14-6-8-18(9-7-14)23-13-16(11-19(23)24)20(25)22-12-15-4-3-5-17(21)10-15/h3-10,16H,2,11-13H2,1H3,(H,22,25)/t16-/m1/s1. The Balaban J connectivity index is 1.60. The Morgan fingerprint density at radius 2 is 1.96 bits per heavy atom. The quantitative estimate of drug-likeness (QED) is 0.909. The van der Waals surface area contributed by atoms with E-state index < -0.39 is 0 Å². The molecule has 0 saturated carbocycles. The predicted molar refractivity (Wildman–Crippen MR) is 94.5 cm³/mol. The Kier molecular flexibility index (Phi) is 5.12. The second kappa shape index (κ2) is 7.47. The lowest BCUT2D eigenvalue weighted by Gasteiger charge is -2.17. The second-order valence-corrected chi connectivity index (χ2v) is 6.27. The molecule has 2 amide bonds. The monoisotopic (exact) mass is 340 g/mol. The molecule has 0 aromatic heterocycles. The summed E-state index contributed by atoms with van der Waals surface area (Å²) in [5.41, 5.74) is 2.73. The normalized spacial score (nSPS) is 17.0. The number of halogens is 1. The van der Waals surface area contributed by atoms with Gasteiger partial charge >= 0.3 is 0 Å². The van der Waals surface area contributed by atoms with Gasteiger partial charge in [0, 0.05) is 25.2 Å². The lowest BCUT2D eigenvalue weighted by atomic mass is 10.1. The lowest BCUT2D eigenvalue weighted by molar-refractivity contribution is -0.126. The van der Waals surface area contributed by atoms with E-state index in [1.807, 2.05) is 24.3 Å². The topological polar surface area (TPSA) is 49.4 Å². The summed E-state index contributed by atoms with van der Waals surface area (Å²) in [6.45, 7) is 2.71. The zero-order valence-electron chi connectivity index (χ0n) is 14.2. The number of anilines is 1. The molecule has 25 heavy (non-hydrogen) atoms. The Morgan fingerprint density at radius 1 is 1.20 bits per heavy atom. The first kappa shape index (κ1) is 17.1. The Morgan fingerprint density at radius 3 is 2.64 bits per heavy atom. The van der Waals surface area contributed by atoms with E-state index in [9.17, 15) is 14.0 Å². The van der Waals surface area contributed by atoms with Crippen molar-refractivity contribution in [1.82, 2.24) is 5.32 Å². The number of hydrogen-bond donors (Lipinski definition) is 1. The summed E-state index contributed by atoms with van der Waals surface area (Å²) in [6, 6.07) is 14.0. The van der Waals surface area contributed by atoms with Gasteiger partial charge in [0.05, 0.1) is 5.92 Å². The van der Waals surface area contributed by atoms with Crippen molar-refractivity contribution in [3.05, 3.63) is 65.5 Å². The molecule has 5 heteroatoms. The molecule has 0 spiro atoms. The molecule has 0 aliphatic carbocycles. The van der Waals surface area contributed by atoms with Crippen LogP contribution in [-0.2, 0) is 22.6 Å². The van der Waals surface area contributed by atoms with Crippen LogP contribution >= 0.6 is 0 Å². The molecule has 130 valence electrons. The number of carbonyl (C=O) groups excluding carboxylic acids is 2. The third kappa shape index (κ3) is 4.05. The van der Waals surface area contributed by atoms with Crippen LogP contribution in [0.4, 0.5) is 10.1 Å². The molecule has 0 bridgehead atoms. The number of rotatable bonds is 5. The van der Waals surface area contributed by atoms with Gasteiger partial charge in [-0.1, -0.05) is 31.2 Å². The van der Waals surface area contributed by atoms with Gasteiger partial charge in [-0.25, -0.2) is 4.39 Å². The number of carbonyl (C=O) groups is 2. The zero-order chi connectivity index (χ0) is 17.8. The maximum Gasteiger partial charge on any atom is 0.227 e. The highest BCUT2D eigenvalue weighted by Gasteiger charge is 2.34. The Bertz CT molecular complexity index is 774. The molecular formula is C20H21FN2O2. The summed E-state index contributed by atoms with van der Waals surface area (Å²) in [7, 11) is 0. The van der Waals surface area contributed by atoms with Crippen molar-refractivity contribution in [2.45, 2.75) is 26.3 Å². The first-order valence-corrected chi connectivity index (χ1v) is 8.48. The Labute approximate surface area is 146 Å². The van der Waals surface area contributed by atoms with Crippen LogP contribution < -0.4 is 10.2 Å². The van der Waals surface area contributed by atoms with Crippen molar-refractivity contribution in [3.8, 4) is 0 Å². The molecule has 1 aliphatic heterocycles. The first-order chi connectivity index (χ1) is 12.1. The number of amides is 2. The van der Waals surface area contributed by atoms with E-state index in [-0.39, 0.29) is 36.5 Å². The summed E-state index contributed by atoms with van der Waals surface area (Å²) in [6.07, 6.45) is 1.14. The summed E-state index contributed by atoms with van der Waals surface area (Å²) in [4.78, 5) is 26.3. The maximum absolute atomic E-state index is 13.2. The highest BCUT2D eigenvalue weighted by atomic mass is 19.1. The van der Waals surface area contributed by atoms with Gasteiger partial charge in [0.1, 0.15) is 5.82 Å². The molecule has 1 atom stereocenters. The predicted octanol–water partition coefficient (Wildman–Crippen LogP) is 3.06. The molecule has 2 aromatic carbocycles. The smallest absolute Gasteiger partial charge is 0.227 e. The molecule has 0 radical (unpaired) electrons. The fourth-order valence-corrected chi connectivity index (χ4v) is 3.02. The summed E-state index contributed by atoms with van der Waals surface area (Å²) in [5, 5.41) is 2.79.